The van der Waals surface area contributed by atoms with Crippen LogP contribution in [0.25, 0.3) is 20.9 Å². The molecular formula is C20H12N8O6S2. The molecule has 0 aromatic heterocycles. The van der Waals surface area contributed by atoms with Crippen LogP contribution in [0, 0.1) is 0 Å². The maximum atomic E-state index is 11.5. The van der Waals surface area contributed by atoms with E-state index >= 15 is 0 Å². The number of carbonyl (C=O) groups is 4. The topological polar surface area (TPSA) is 206 Å². The van der Waals surface area contributed by atoms with Crippen molar-refractivity contribution in [2.24, 2.45) is 10.2 Å². The Hall–Kier alpha value is -4.88. The molecule has 0 radical (unpaired) electrons. The first-order valence-electron chi connectivity index (χ1n) is 9.59. The van der Waals surface area contributed by atoms with Crippen LogP contribution in [0.4, 0.5) is 11.4 Å². The molecule has 0 fully saturated rings. The van der Waals surface area contributed by atoms with Gasteiger partial charge in [-0.3, -0.25) is 19.2 Å². The lowest BCUT2D eigenvalue weighted by molar-refractivity contribution is -0.134. The molecule has 3 aliphatic rings. The molecule has 4 rings (SSSR count). The summed E-state index contributed by atoms with van der Waals surface area (Å²) in [4.78, 5) is 53.6. The van der Waals surface area contributed by atoms with Crippen molar-refractivity contribution in [1.82, 2.24) is 4.90 Å². The van der Waals surface area contributed by atoms with E-state index in [1.165, 1.54) is 24.3 Å². The van der Waals surface area contributed by atoms with Crippen LogP contribution in [0.3, 0.4) is 0 Å². The first-order chi connectivity index (χ1) is 17.2. The number of benzene rings is 1. The Balaban J connectivity index is 0.000000202. The molecule has 0 N–H and O–H groups in total. The summed E-state index contributed by atoms with van der Waals surface area (Å²) in [6.45, 7) is 0. The maximum Gasteiger partial charge on any atom is 0.258 e. The third-order valence-corrected chi connectivity index (χ3v) is 5.64. The number of imide groups is 2. The maximum absolute atomic E-state index is 11.5. The van der Waals surface area contributed by atoms with Crippen LogP contribution in [0.2, 0.25) is 0 Å². The number of anilines is 1. The van der Waals surface area contributed by atoms with Crippen LogP contribution in [0.5, 0.6) is 0 Å². The summed E-state index contributed by atoms with van der Waals surface area (Å²) in [7, 11) is -2.45. The normalized spacial score (nSPS) is 16.2. The molecule has 4 amide bonds. The lowest BCUT2D eigenvalue weighted by atomic mass is 10.1. The number of amides is 4. The molecule has 0 spiro atoms. The van der Waals surface area contributed by atoms with Crippen molar-refractivity contribution in [1.29, 1.82) is 0 Å². The molecule has 1 aromatic carbocycles. The number of hydrogen-bond donors (Lipinski definition) is 1. The molecule has 2 aliphatic heterocycles. The molecule has 0 unspecified atom stereocenters. The second-order valence-electron chi connectivity index (χ2n) is 6.79. The van der Waals surface area contributed by atoms with E-state index in [0.29, 0.717) is 4.90 Å². The van der Waals surface area contributed by atoms with Gasteiger partial charge in [0.15, 0.2) is 0 Å². The van der Waals surface area contributed by atoms with E-state index in [-0.39, 0.29) is 34.1 Å². The van der Waals surface area contributed by atoms with Crippen LogP contribution in [0.15, 0.2) is 81.2 Å². The second-order valence-corrected chi connectivity index (χ2v) is 8.30. The average molecular weight is 525 g/mol. The van der Waals surface area contributed by atoms with Crippen molar-refractivity contribution in [3.05, 3.63) is 86.9 Å². The minimum atomic E-state index is -2.45. The van der Waals surface area contributed by atoms with E-state index in [0.717, 1.165) is 34.1 Å². The number of hydrogen-bond acceptors (Lipinski definition) is 9. The van der Waals surface area contributed by atoms with Gasteiger partial charge in [-0.25, -0.2) is 9.80 Å². The highest BCUT2D eigenvalue weighted by molar-refractivity contribution is 7.80. The van der Waals surface area contributed by atoms with Gasteiger partial charge in [-0.05, 0) is 41.4 Å². The first kappa shape index (κ1) is 25.7. The number of allylic oxidation sites excluding steroid dienone is 3. The number of rotatable bonds is 4. The quantitative estimate of drug-likeness (QED) is 0.156. The zero-order valence-corrected chi connectivity index (χ0v) is 19.5. The fourth-order valence-corrected chi connectivity index (χ4v) is 3.78. The Morgan fingerprint density at radius 2 is 1.36 bits per heavy atom. The molecule has 36 heavy (non-hydrogen) atoms. The van der Waals surface area contributed by atoms with Crippen LogP contribution in [0.1, 0.15) is 6.42 Å². The van der Waals surface area contributed by atoms with E-state index < -0.39 is 33.9 Å². The number of thiol groups is 1. The van der Waals surface area contributed by atoms with Crippen molar-refractivity contribution in [3.63, 3.8) is 0 Å². The average Bonchev–Trinajstić information content (AvgIpc) is 3.35. The van der Waals surface area contributed by atoms with Crippen molar-refractivity contribution < 1.29 is 27.6 Å². The van der Waals surface area contributed by atoms with Crippen LogP contribution in [-0.2, 0) is 29.5 Å². The summed E-state index contributed by atoms with van der Waals surface area (Å²) >= 11 is 4.09. The smallest absolute Gasteiger partial charge is 0.258 e. The van der Waals surface area contributed by atoms with Gasteiger partial charge >= 0.3 is 0 Å². The molecule has 0 saturated heterocycles. The number of azide groups is 2. The molecule has 0 atom stereocenters. The minimum Gasteiger partial charge on any atom is -0.269 e. The molecule has 0 bridgehead atoms. The lowest BCUT2D eigenvalue weighted by Crippen LogP contribution is -2.30. The fourth-order valence-electron chi connectivity index (χ4n) is 3.15. The Bertz CT molecular complexity index is 1530. The van der Waals surface area contributed by atoms with Gasteiger partial charge in [0.05, 0.1) is 21.9 Å². The number of carbonyl (C=O) groups excluding carboxylic acids is 4. The zero-order chi connectivity index (χ0) is 26.4. The van der Waals surface area contributed by atoms with E-state index in [1.807, 2.05) is 0 Å². The summed E-state index contributed by atoms with van der Waals surface area (Å²) < 4.78 is 21.7. The summed E-state index contributed by atoms with van der Waals surface area (Å²) in [6.07, 6.45) is 6.86. The lowest BCUT2D eigenvalue weighted by Gasteiger charge is -2.20. The second kappa shape index (κ2) is 11.0. The summed E-state index contributed by atoms with van der Waals surface area (Å²) in [5.74, 6) is -2.06. The van der Waals surface area contributed by atoms with Gasteiger partial charge in [0.1, 0.15) is 0 Å². The van der Waals surface area contributed by atoms with Crippen molar-refractivity contribution >= 4 is 62.8 Å². The van der Waals surface area contributed by atoms with Gasteiger partial charge in [-0.1, -0.05) is 10.2 Å². The molecule has 2 heterocycles. The van der Waals surface area contributed by atoms with Crippen molar-refractivity contribution in [3.8, 4) is 0 Å². The Labute approximate surface area is 208 Å². The first-order valence-corrected chi connectivity index (χ1v) is 11.1. The third-order valence-electron chi connectivity index (χ3n) is 4.66. The molecule has 0 saturated carbocycles. The summed E-state index contributed by atoms with van der Waals surface area (Å²) in [5, 5.41) is 6.79. The van der Waals surface area contributed by atoms with Crippen molar-refractivity contribution in [2.45, 2.75) is 11.3 Å². The van der Waals surface area contributed by atoms with Crippen molar-refractivity contribution in [2.75, 3.05) is 4.90 Å². The van der Waals surface area contributed by atoms with Gasteiger partial charge in [-0.2, -0.15) is 8.42 Å². The van der Waals surface area contributed by atoms with E-state index in [9.17, 15) is 27.6 Å². The van der Waals surface area contributed by atoms with Crippen LogP contribution >= 0.6 is 12.6 Å². The predicted octanol–water partition coefficient (Wildman–Crippen LogP) is 2.79. The SMILES string of the molecule is [N-]=[N+]=NC1=C(N2C(=O)C=CC2=O)C=CC(=S(=O)=O)C1.[N-]=[N+]=Nc1cc(S)ccc1N1C(=O)C=CC1=O. The van der Waals surface area contributed by atoms with Crippen LogP contribution in [-0.4, -0.2) is 41.8 Å². The van der Waals surface area contributed by atoms with Gasteiger partial charge in [0.2, 0.25) is 10.3 Å². The highest BCUT2D eigenvalue weighted by Gasteiger charge is 2.29. The highest BCUT2D eigenvalue weighted by atomic mass is 32.2. The van der Waals surface area contributed by atoms with E-state index in [4.69, 9.17) is 11.1 Å². The minimum absolute atomic E-state index is 0.00889. The molecule has 1 aliphatic carbocycles. The number of nitrogens with zero attached hydrogens (tertiary/aromatic N) is 8. The summed E-state index contributed by atoms with van der Waals surface area (Å²) in [6, 6.07) is 4.60. The summed E-state index contributed by atoms with van der Waals surface area (Å²) in [5.41, 5.74) is 17.4. The fraction of sp³-hybridized carbons (Fsp3) is 0.0500. The Kier molecular flexibility index (Phi) is 7.89. The van der Waals surface area contributed by atoms with Gasteiger partial charge in [0.25, 0.3) is 23.6 Å². The van der Waals surface area contributed by atoms with Gasteiger partial charge in [0, 0.05) is 51.1 Å². The Morgan fingerprint density at radius 3 is 1.89 bits per heavy atom. The zero-order valence-electron chi connectivity index (χ0n) is 17.8. The molecule has 180 valence electrons. The standard InChI is InChI=1S/C10H6N4O4S.C10H6N4O2S/c11-13-12-7-5-6(19(17)18)1-2-8(7)14-9(15)3-4-10(14)16;11-13-12-7-5-6(17)1-2-8(7)14-9(15)3-4-10(14)16/h1-4H,5H2;1-5,17H. The van der Waals surface area contributed by atoms with Gasteiger partial charge in [-0.15, -0.1) is 12.6 Å². The van der Waals surface area contributed by atoms with Crippen LogP contribution < -0.4 is 4.90 Å². The molecule has 16 heteroatoms. The van der Waals surface area contributed by atoms with E-state index in [1.54, 1.807) is 6.07 Å². The largest absolute Gasteiger partial charge is 0.269 e. The van der Waals surface area contributed by atoms with Gasteiger partial charge < -0.3 is 0 Å². The molecular weight excluding hydrogens is 512 g/mol. The monoisotopic (exact) mass is 524 g/mol. The Morgan fingerprint density at radius 1 is 0.806 bits per heavy atom. The molecule has 1 aromatic rings. The van der Waals surface area contributed by atoms with E-state index in [2.05, 4.69) is 32.7 Å². The molecule has 14 nitrogen and oxygen atoms in total. The predicted molar refractivity (Wildman–Crippen MR) is 129 cm³/mol. The third kappa shape index (κ3) is 5.43. The highest BCUT2D eigenvalue weighted by Crippen LogP contribution is 2.33.